The van der Waals surface area contributed by atoms with Crippen LogP contribution in [0.2, 0.25) is 0 Å². The van der Waals surface area contributed by atoms with Crippen LogP contribution in [0, 0.1) is 10.8 Å². The average molecular weight is 193 g/mol. The highest BCUT2D eigenvalue weighted by molar-refractivity contribution is 5.08. The van der Waals surface area contributed by atoms with Crippen LogP contribution in [0.15, 0.2) is 0 Å². The molecule has 2 aliphatic carbocycles. The van der Waals surface area contributed by atoms with E-state index in [1.54, 1.807) is 25.7 Å². The summed E-state index contributed by atoms with van der Waals surface area (Å²) in [4.78, 5) is 2.62. The molecule has 1 aliphatic heterocycles. The molecule has 3 aliphatic rings. The topological polar surface area (TPSA) is 3.24 Å². The third kappa shape index (κ3) is 1.25. The molecule has 0 unspecified atom stereocenters. The second-order valence-electron chi connectivity index (χ2n) is 6.14. The summed E-state index contributed by atoms with van der Waals surface area (Å²) in [7, 11) is 0. The Labute approximate surface area is 87.9 Å². The molecule has 3 rings (SSSR count). The zero-order valence-corrected chi connectivity index (χ0v) is 9.52. The van der Waals surface area contributed by atoms with E-state index in [1.165, 1.54) is 38.9 Å². The van der Waals surface area contributed by atoms with Crippen LogP contribution in [0.25, 0.3) is 0 Å². The Morgan fingerprint density at radius 2 is 1.50 bits per heavy atom. The van der Waals surface area contributed by atoms with Crippen molar-refractivity contribution in [1.82, 2.24) is 4.90 Å². The summed E-state index contributed by atoms with van der Waals surface area (Å²) in [6.45, 7) is 6.33. The Bertz CT molecular complexity index is 211. The van der Waals surface area contributed by atoms with Crippen LogP contribution in [0.4, 0.5) is 0 Å². The maximum Gasteiger partial charge on any atom is -0.00135 e. The van der Waals surface area contributed by atoms with Crippen molar-refractivity contribution in [3.63, 3.8) is 0 Å². The predicted molar refractivity (Wildman–Crippen MR) is 59.3 cm³/mol. The molecule has 2 saturated carbocycles. The van der Waals surface area contributed by atoms with Crippen LogP contribution in [0.1, 0.15) is 51.9 Å². The van der Waals surface area contributed by atoms with Crippen molar-refractivity contribution in [1.29, 1.82) is 0 Å². The Hall–Kier alpha value is -0.0400. The molecule has 0 atom stereocenters. The molecule has 0 aromatic carbocycles. The van der Waals surface area contributed by atoms with E-state index in [4.69, 9.17) is 0 Å². The number of piperidine rings is 1. The van der Waals surface area contributed by atoms with Gasteiger partial charge in [-0.05, 0) is 69.0 Å². The summed E-state index contributed by atoms with van der Waals surface area (Å²) >= 11 is 0. The normalized spacial score (nSPS) is 34.1. The molecule has 14 heavy (non-hydrogen) atoms. The lowest BCUT2D eigenvalue weighted by atomic mass is 9.43. The molecule has 0 aromatic rings. The van der Waals surface area contributed by atoms with Crippen LogP contribution in [-0.4, -0.2) is 24.5 Å². The molecule has 1 heteroatoms. The monoisotopic (exact) mass is 193 g/mol. The van der Waals surface area contributed by atoms with Gasteiger partial charge in [0.2, 0.25) is 0 Å². The van der Waals surface area contributed by atoms with Crippen molar-refractivity contribution in [2.75, 3.05) is 19.6 Å². The highest BCUT2D eigenvalue weighted by Crippen LogP contribution is 2.67. The molecule has 2 spiro atoms. The first kappa shape index (κ1) is 9.21. The standard InChI is InChI=1S/C13H23N/c1-2-14-8-6-13(7-9-14)10-12(11-13)4-3-5-12/h2-11H2,1H3. The lowest BCUT2D eigenvalue weighted by Gasteiger charge is -2.63. The smallest absolute Gasteiger partial charge is 0.00135 e. The van der Waals surface area contributed by atoms with Crippen molar-refractivity contribution in [2.45, 2.75) is 51.9 Å². The summed E-state index contributed by atoms with van der Waals surface area (Å²) in [5.41, 5.74) is 1.71. The van der Waals surface area contributed by atoms with Crippen molar-refractivity contribution in [2.24, 2.45) is 10.8 Å². The number of hydrogen-bond acceptors (Lipinski definition) is 1. The van der Waals surface area contributed by atoms with Gasteiger partial charge in [-0.15, -0.1) is 0 Å². The van der Waals surface area contributed by atoms with E-state index in [2.05, 4.69) is 11.8 Å². The van der Waals surface area contributed by atoms with Gasteiger partial charge in [0.1, 0.15) is 0 Å². The third-order valence-corrected chi connectivity index (χ3v) is 5.28. The van der Waals surface area contributed by atoms with Gasteiger partial charge in [-0.25, -0.2) is 0 Å². The molecule has 0 N–H and O–H groups in total. The molecular weight excluding hydrogens is 170 g/mol. The SMILES string of the molecule is CCN1CCC2(CC1)CC1(CCC1)C2. The fraction of sp³-hybridized carbons (Fsp3) is 1.00. The minimum Gasteiger partial charge on any atom is -0.304 e. The molecule has 0 aromatic heterocycles. The lowest BCUT2D eigenvalue weighted by Crippen LogP contribution is -2.54. The first-order chi connectivity index (χ1) is 6.76. The molecule has 0 bridgehead atoms. The second-order valence-corrected chi connectivity index (χ2v) is 6.14. The minimum absolute atomic E-state index is 0.825. The molecule has 0 amide bonds. The van der Waals surface area contributed by atoms with Gasteiger partial charge >= 0.3 is 0 Å². The predicted octanol–water partition coefficient (Wildman–Crippen LogP) is 3.05. The summed E-state index contributed by atoms with van der Waals surface area (Å²) < 4.78 is 0. The highest BCUT2D eigenvalue weighted by Gasteiger charge is 2.56. The first-order valence-corrected chi connectivity index (χ1v) is 6.48. The Morgan fingerprint density at radius 3 is 1.93 bits per heavy atom. The molecule has 3 fully saturated rings. The molecule has 1 heterocycles. The summed E-state index contributed by atoms with van der Waals surface area (Å²) in [6.07, 6.45) is 10.8. The highest BCUT2D eigenvalue weighted by atomic mass is 15.1. The van der Waals surface area contributed by atoms with E-state index >= 15 is 0 Å². The number of likely N-dealkylation sites (tertiary alicyclic amines) is 1. The molecule has 0 radical (unpaired) electrons. The van der Waals surface area contributed by atoms with Crippen molar-refractivity contribution in [3.05, 3.63) is 0 Å². The van der Waals surface area contributed by atoms with Crippen molar-refractivity contribution < 1.29 is 0 Å². The quantitative estimate of drug-likeness (QED) is 0.618. The van der Waals surface area contributed by atoms with E-state index in [0.717, 1.165) is 10.8 Å². The Morgan fingerprint density at radius 1 is 0.929 bits per heavy atom. The first-order valence-electron chi connectivity index (χ1n) is 6.48. The number of hydrogen-bond donors (Lipinski definition) is 0. The average Bonchev–Trinajstić information content (AvgIpc) is 2.11. The maximum atomic E-state index is 2.62. The van der Waals surface area contributed by atoms with Crippen LogP contribution < -0.4 is 0 Å². The van der Waals surface area contributed by atoms with Crippen molar-refractivity contribution >= 4 is 0 Å². The second kappa shape index (κ2) is 2.98. The zero-order valence-electron chi connectivity index (χ0n) is 9.52. The fourth-order valence-electron chi connectivity index (χ4n) is 4.27. The molecular formula is C13H23N. The number of nitrogens with zero attached hydrogens (tertiary/aromatic N) is 1. The summed E-state index contributed by atoms with van der Waals surface area (Å²) in [5.74, 6) is 0. The van der Waals surface area contributed by atoms with Gasteiger partial charge in [0.05, 0.1) is 0 Å². The molecule has 1 saturated heterocycles. The van der Waals surface area contributed by atoms with Crippen molar-refractivity contribution in [3.8, 4) is 0 Å². The van der Waals surface area contributed by atoms with Crippen LogP contribution >= 0.6 is 0 Å². The van der Waals surface area contributed by atoms with Crippen LogP contribution in [0.3, 0.4) is 0 Å². The van der Waals surface area contributed by atoms with Gasteiger partial charge in [-0.1, -0.05) is 13.3 Å². The summed E-state index contributed by atoms with van der Waals surface area (Å²) in [6, 6.07) is 0. The van der Waals surface area contributed by atoms with Crippen LogP contribution in [0.5, 0.6) is 0 Å². The largest absolute Gasteiger partial charge is 0.304 e. The Kier molecular flexibility index (Phi) is 1.96. The Balaban J connectivity index is 1.56. The van der Waals surface area contributed by atoms with Crippen LogP contribution in [-0.2, 0) is 0 Å². The zero-order chi connectivity index (χ0) is 9.65. The molecule has 80 valence electrons. The maximum absolute atomic E-state index is 2.62. The number of rotatable bonds is 1. The minimum atomic E-state index is 0.825. The van der Waals surface area contributed by atoms with E-state index < -0.39 is 0 Å². The van der Waals surface area contributed by atoms with Gasteiger partial charge in [0, 0.05) is 0 Å². The van der Waals surface area contributed by atoms with Gasteiger partial charge < -0.3 is 4.90 Å². The van der Waals surface area contributed by atoms with E-state index in [-0.39, 0.29) is 0 Å². The van der Waals surface area contributed by atoms with Gasteiger partial charge in [-0.3, -0.25) is 0 Å². The van der Waals surface area contributed by atoms with E-state index in [1.807, 2.05) is 0 Å². The van der Waals surface area contributed by atoms with Gasteiger partial charge in [-0.2, -0.15) is 0 Å². The summed E-state index contributed by atoms with van der Waals surface area (Å²) in [5, 5.41) is 0. The molecule has 1 nitrogen and oxygen atoms in total. The lowest BCUT2D eigenvalue weighted by molar-refractivity contribution is -0.123. The van der Waals surface area contributed by atoms with E-state index in [9.17, 15) is 0 Å². The van der Waals surface area contributed by atoms with Gasteiger partial charge in [0.25, 0.3) is 0 Å². The van der Waals surface area contributed by atoms with Gasteiger partial charge in [0.15, 0.2) is 0 Å². The third-order valence-electron chi connectivity index (χ3n) is 5.28. The van der Waals surface area contributed by atoms with E-state index in [0.29, 0.717) is 0 Å². The fourth-order valence-corrected chi connectivity index (χ4v) is 4.27.